The van der Waals surface area contributed by atoms with Crippen molar-refractivity contribution in [1.82, 2.24) is 4.90 Å². The third-order valence-electron chi connectivity index (χ3n) is 4.36. The third-order valence-corrected chi connectivity index (χ3v) is 4.36. The summed E-state index contributed by atoms with van der Waals surface area (Å²) < 4.78 is 37.8. The normalized spacial score (nSPS) is 23.9. The largest absolute Gasteiger partial charge is 0.471 e. The van der Waals surface area contributed by atoms with Crippen LogP contribution < -0.4 is 0 Å². The van der Waals surface area contributed by atoms with E-state index in [1.807, 2.05) is 0 Å². The summed E-state index contributed by atoms with van der Waals surface area (Å²) in [5.41, 5.74) is 1.56. The molecule has 1 aliphatic heterocycles. The molecule has 8 heteroatoms. The molecule has 1 aromatic carbocycles. The first-order valence-electron chi connectivity index (χ1n) is 6.89. The number of halogens is 3. The van der Waals surface area contributed by atoms with Crippen LogP contribution in [0.1, 0.15) is 23.5 Å². The van der Waals surface area contributed by atoms with Gasteiger partial charge in [0.1, 0.15) is 0 Å². The Balaban J connectivity index is 1.90. The smallest absolute Gasteiger partial charge is 0.334 e. The zero-order valence-electron chi connectivity index (χ0n) is 11.5. The van der Waals surface area contributed by atoms with Crippen LogP contribution in [-0.4, -0.2) is 35.0 Å². The molecule has 0 aromatic heterocycles. The first-order valence-corrected chi connectivity index (χ1v) is 6.89. The number of amides is 1. The summed E-state index contributed by atoms with van der Waals surface area (Å²) in [4.78, 5) is 22.6. The number of hydrogen-bond donors (Lipinski definition) is 0. The van der Waals surface area contributed by atoms with E-state index in [9.17, 15) is 28.1 Å². The second-order valence-corrected chi connectivity index (χ2v) is 5.85. The number of nitrogens with zero attached hydrogens (tertiary/aromatic N) is 2. The Morgan fingerprint density at radius 2 is 2.05 bits per heavy atom. The standard InChI is InChI=1S/C14H13F3N2O3/c15-14(16,17)13(20)18-6-8-3-9-1-2-11(19(21)22)5-12(9)10(4-8)7-18/h1-2,5,8,10H,3-4,6-7H2. The minimum Gasteiger partial charge on any atom is -0.334 e. The van der Waals surface area contributed by atoms with Crippen LogP contribution >= 0.6 is 0 Å². The molecule has 0 saturated carbocycles. The monoisotopic (exact) mass is 314 g/mol. The van der Waals surface area contributed by atoms with Gasteiger partial charge in [-0.3, -0.25) is 14.9 Å². The molecule has 2 atom stereocenters. The Bertz CT molecular complexity index is 645. The van der Waals surface area contributed by atoms with Crippen LogP contribution in [-0.2, 0) is 11.2 Å². The van der Waals surface area contributed by atoms with E-state index in [2.05, 4.69) is 0 Å². The van der Waals surface area contributed by atoms with Gasteiger partial charge >= 0.3 is 12.1 Å². The van der Waals surface area contributed by atoms with Gasteiger partial charge < -0.3 is 4.90 Å². The van der Waals surface area contributed by atoms with Gasteiger partial charge in [-0.25, -0.2) is 0 Å². The van der Waals surface area contributed by atoms with E-state index in [4.69, 9.17) is 0 Å². The van der Waals surface area contributed by atoms with Crippen molar-refractivity contribution in [2.45, 2.75) is 24.9 Å². The second-order valence-electron chi connectivity index (χ2n) is 5.85. The fourth-order valence-corrected chi connectivity index (χ4v) is 3.49. The molecule has 1 aromatic rings. The number of fused-ring (bicyclic) bond motifs is 4. The Morgan fingerprint density at radius 1 is 1.32 bits per heavy atom. The highest BCUT2D eigenvalue weighted by atomic mass is 19.4. The van der Waals surface area contributed by atoms with Crippen LogP contribution in [0.4, 0.5) is 18.9 Å². The van der Waals surface area contributed by atoms with Gasteiger partial charge in [-0.1, -0.05) is 6.07 Å². The molecule has 118 valence electrons. The number of nitro benzene ring substituents is 1. The summed E-state index contributed by atoms with van der Waals surface area (Å²) in [6.45, 7) is 0.0499. The van der Waals surface area contributed by atoms with Crippen LogP contribution in [0.2, 0.25) is 0 Å². The molecule has 2 unspecified atom stereocenters. The lowest BCUT2D eigenvalue weighted by molar-refractivity contribution is -0.385. The fraction of sp³-hybridized carbons (Fsp3) is 0.500. The summed E-state index contributed by atoms with van der Waals surface area (Å²) in [5.74, 6) is -2.12. The molecule has 0 spiro atoms. The molecular weight excluding hydrogens is 301 g/mol. The average Bonchev–Trinajstić information content (AvgIpc) is 2.44. The maximum atomic E-state index is 12.6. The molecular formula is C14H13F3N2O3. The highest BCUT2D eigenvalue weighted by Crippen LogP contribution is 2.41. The third kappa shape index (κ3) is 2.53. The number of piperidine rings is 1. The van der Waals surface area contributed by atoms with Gasteiger partial charge in [-0.05, 0) is 29.9 Å². The van der Waals surface area contributed by atoms with Crippen LogP contribution in [0.15, 0.2) is 18.2 Å². The Morgan fingerprint density at radius 3 is 2.68 bits per heavy atom. The Hall–Kier alpha value is -2.12. The van der Waals surface area contributed by atoms with E-state index in [0.717, 1.165) is 10.5 Å². The molecule has 3 rings (SSSR count). The number of hydrogen-bond acceptors (Lipinski definition) is 3. The summed E-state index contributed by atoms with van der Waals surface area (Å²) in [5, 5.41) is 10.9. The topological polar surface area (TPSA) is 63.5 Å². The van der Waals surface area contributed by atoms with E-state index in [1.54, 1.807) is 6.07 Å². The Labute approximate surface area is 123 Å². The predicted octanol–water partition coefficient (Wildman–Crippen LogP) is 2.65. The van der Waals surface area contributed by atoms with Gasteiger partial charge in [-0.2, -0.15) is 13.2 Å². The number of benzene rings is 1. The quantitative estimate of drug-likeness (QED) is 0.591. The summed E-state index contributed by atoms with van der Waals surface area (Å²) in [7, 11) is 0. The molecule has 0 radical (unpaired) electrons. The lowest BCUT2D eigenvalue weighted by atomic mass is 9.74. The van der Waals surface area contributed by atoms with Crippen molar-refractivity contribution in [3.05, 3.63) is 39.4 Å². The lowest BCUT2D eigenvalue weighted by Gasteiger charge is -2.42. The van der Waals surface area contributed by atoms with Crippen LogP contribution in [0.5, 0.6) is 0 Å². The first kappa shape index (κ1) is 14.8. The molecule has 22 heavy (non-hydrogen) atoms. The van der Waals surface area contributed by atoms with E-state index in [-0.39, 0.29) is 30.6 Å². The van der Waals surface area contributed by atoms with Gasteiger partial charge in [0.2, 0.25) is 0 Å². The average molecular weight is 314 g/mol. The highest BCUT2D eigenvalue weighted by Gasteiger charge is 2.46. The van der Waals surface area contributed by atoms with Gasteiger partial charge in [0.15, 0.2) is 0 Å². The van der Waals surface area contributed by atoms with Crippen molar-refractivity contribution < 1.29 is 22.9 Å². The summed E-state index contributed by atoms with van der Waals surface area (Å²) in [6.07, 6.45) is -3.67. The van der Waals surface area contributed by atoms with Crippen LogP contribution in [0.3, 0.4) is 0 Å². The number of carbonyl (C=O) groups excluding carboxylic acids is 1. The van der Waals surface area contributed by atoms with E-state index in [1.165, 1.54) is 12.1 Å². The van der Waals surface area contributed by atoms with Gasteiger partial charge in [0.25, 0.3) is 5.69 Å². The van der Waals surface area contributed by atoms with E-state index >= 15 is 0 Å². The van der Waals surface area contributed by atoms with Gasteiger partial charge in [-0.15, -0.1) is 0 Å². The Kier molecular flexibility index (Phi) is 3.34. The van der Waals surface area contributed by atoms with E-state index in [0.29, 0.717) is 18.4 Å². The molecule has 5 nitrogen and oxygen atoms in total. The van der Waals surface area contributed by atoms with Crippen molar-refractivity contribution in [3.8, 4) is 0 Å². The van der Waals surface area contributed by atoms with Crippen molar-refractivity contribution in [2.75, 3.05) is 13.1 Å². The van der Waals surface area contributed by atoms with Crippen LogP contribution in [0.25, 0.3) is 0 Å². The van der Waals surface area contributed by atoms with Crippen molar-refractivity contribution in [2.24, 2.45) is 5.92 Å². The molecule has 2 aliphatic rings. The van der Waals surface area contributed by atoms with Gasteiger partial charge in [0.05, 0.1) is 4.92 Å². The number of carbonyl (C=O) groups is 1. The first-order chi connectivity index (χ1) is 10.3. The maximum Gasteiger partial charge on any atom is 0.471 e. The predicted molar refractivity (Wildman–Crippen MR) is 70.3 cm³/mol. The van der Waals surface area contributed by atoms with Crippen molar-refractivity contribution in [1.29, 1.82) is 0 Å². The minimum absolute atomic E-state index is 0.0287. The summed E-state index contributed by atoms with van der Waals surface area (Å²) >= 11 is 0. The molecule has 2 bridgehead atoms. The zero-order chi connectivity index (χ0) is 16.1. The number of rotatable bonds is 1. The highest BCUT2D eigenvalue weighted by molar-refractivity contribution is 5.82. The van der Waals surface area contributed by atoms with Crippen molar-refractivity contribution >= 4 is 11.6 Å². The number of nitro groups is 1. The second kappa shape index (κ2) is 4.96. The maximum absolute atomic E-state index is 12.6. The van der Waals surface area contributed by atoms with Crippen molar-refractivity contribution in [3.63, 3.8) is 0 Å². The minimum atomic E-state index is -4.88. The molecule has 1 heterocycles. The molecule has 1 aliphatic carbocycles. The fourth-order valence-electron chi connectivity index (χ4n) is 3.49. The molecule has 1 fully saturated rings. The SMILES string of the molecule is O=C(N1CC2Cc3ccc([N+](=O)[O-])cc3C(C2)C1)C(F)(F)F. The molecule has 1 saturated heterocycles. The van der Waals surface area contributed by atoms with Crippen LogP contribution in [0, 0.1) is 16.0 Å². The number of non-ortho nitro benzene ring substituents is 1. The summed E-state index contributed by atoms with van der Waals surface area (Å²) in [6, 6.07) is 4.52. The van der Waals surface area contributed by atoms with Gasteiger partial charge in [0, 0.05) is 31.1 Å². The number of alkyl halides is 3. The molecule has 0 N–H and O–H groups in total. The molecule has 1 amide bonds. The lowest BCUT2D eigenvalue weighted by Crippen LogP contribution is -2.50. The zero-order valence-corrected chi connectivity index (χ0v) is 11.5. The van der Waals surface area contributed by atoms with E-state index < -0.39 is 17.0 Å². The number of likely N-dealkylation sites (tertiary alicyclic amines) is 1.